The van der Waals surface area contributed by atoms with Crippen molar-refractivity contribution >= 4 is 5.97 Å². The third kappa shape index (κ3) is 7.23. The van der Waals surface area contributed by atoms with Gasteiger partial charge in [0.05, 0.1) is 18.2 Å². The van der Waals surface area contributed by atoms with Gasteiger partial charge in [0.15, 0.2) is 0 Å². The molecule has 4 aromatic carbocycles. The van der Waals surface area contributed by atoms with Crippen LogP contribution >= 0.6 is 0 Å². The number of aliphatic hydroxyl groups is 1. The number of rotatable bonds is 12. The molecule has 4 rings (SSSR count). The summed E-state index contributed by atoms with van der Waals surface area (Å²) in [6, 6.07) is 29.9. The lowest BCUT2D eigenvalue weighted by Crippen LogP contribution is -2.39. The maximum Gasteiger partial charge on any atom is 0.323 e. The first-order valence-corrected chi connectivity index (χ1v) is 12.6. The number of carboxylic acids is 1. The van der Waals surface area contributed by atoms with E-state index < -0.39 is 18.6 Å². The van der Waals surface area contributed by atoms with Crippen LogP contribution < -0.4 is 14.8 Å². The van der Waals surface area contributed by atoms with E-state index >= 15 is 0 Å². The summed E-state index contributed by atoms with van der Waals surface area (Å²) in [4.78, 5) is 11.3. The molecule has 1 atom stereocenters. The van der Waals surface area contributed by atoms with Crippen LogP contribution in [0.5, 0.6) is 11.5 Å². The van der Waals surface area contributed by atoms with E-state index in [1.54, 1.807) is 24.3 Å². The van der Waals surface area contributed by atoms with Gasteiger partial charge in [0.25, 0.3) is 0 Å². The molecular weight excluding hydrogens is 492 g/mol. The summed E-state index contributed by atoms with van der Waals surface area (Å²) >= 11 is 0. The van der Waals surface area contributed by atoms with Crippen LogP contribution in [0.3, 0.4) is 0 Å². The average Bonchev–Trinajstić information content (AvgIpc) is 2.97. The number of aliphatic carboxylic acids is 1. The van der Waals surface area contributed by atoms with Crippen molar-refractivity contribution < 1.29 is 24.5 Å². The van der Waals surface area contributed by atoms with Gasteiger partial charge in [-0.05, 0) is 52.9 Å². The molecule has 0 spiro atoms. The summed E-state index contributed by atoms with van der Waals surface area (Å²) in [5.74, 6) is -0.0264. The van der Waals surface area contributed by atoms with Crippen LogP contribution in [-0.2, 0) is 24.6 Å². The molecule has 0 radical (unpaired) electrons. The molecule has 0 saturated carbocycles. The molecule has 7 heteroatoms. The maximum absolute atomic E-state index is 11.3. The molecule has 0 amide bonds. The Morgan fingerprint density at radius 2 is 1.72 bits per heavy atom. The van der Waals surface area contributed by atoms with Gasteiger partial charge in [0, 0.05) is 18.2 Å². The Morgan fingerprint density at radius 3 is 2.46 bits per heavy atom. The Hall–Kier alpha value is -4.64. The highest BCUT2D eigenvalue weighted by atomic mass is 16.5. The van der Waals surface area contributed by atoms with Crippen molar-refractivity contribution in [3.63, 3.8) is 0 Å². The SMILES string of the molecule is Cc1c(COc2ccc(CNC(CO)C(=O)O)c(OCc3cccc(C#N)c3)c2)cccc1-c1ccccc1. The van der Waals surface area contributed by atoms with Crippen molar-refractivity contribution in [1.29, 1.82) is 5.26 Å². The molecule has 0 saturated heterocycles. The molecule has 7 nitrogen and oxygen atoms in total. The fourth-order valence-electron chi connectivity index (χ4n) is 4.19. The monoisotopic (exact) mass is 522 g/mol. The van der Waals surface area contributed by atoms with E-state index in [1.807, 2.05) is 48.5 Å². The first-order valence-electron chi connectivity index (χ1n) is 12.6. The van der Waals surface area contributed by atoms with E-state index in [4.69, 9.17) is 9.47 Å². The highest BCUT2D eigenvalue weighted by molar-refractivity contribution is 5.73. The predicted octanol–water partition coefficient (Wildman–Crippen LogP) is 5.23. The zero-order chi connectivity index (χ0) is 27.6. The Bertz CT molecular complexity index is 1460. The van der Waals surface area contributed by atoms with E-state index in [0.29, 0.717) is 29.2 Å². The maximum atomic E-state index is 11.3. The molecule has 0 aliphatic carbocycles. The van der Waals surface area contributed by atoms with Crippen molar-refractivity contribution in [2.45, 2.75) is 32.7 Å². The Kier molecular flexibility index (Phi) is 9.30. The number of aliphatic hydroxyl groups excluding tert-OH is 1. The van der Waals surface area contributed by atoms with Crippen molar-refractivity contribution in [3.8, 4) is 28.7 Å². The smallest absolute Gasteiger partial charge is 0.323 e. The number of nitriles is 1. The van der Waals surface area contributed by atoms with Crippen LogP contribution in [0, 0.1) is 18.3 Å². The average molecular weight is 523 g/mol. The summed E-state index contributed by atoms with van der Waals surface area (Å²) < 4.78 is 12.3. The number of nitrogens with zero attached hydrogens (tertiary/aromatic N) is 1. The van der Waals surface area contributed by atoms with Crippen LogP contribution in [0.4, 0.5) is 0 Å². The van der Waals surface area contributed by atoms with Gasteiger partial charge in [-0.15, -0.1) is 0 Å². The second-order valence-corrected chi connectivity index (χ2v) is 9.07. The van der Waals surface area contributed by atoms with Gasteiger partial charge in [-0.3, -0.25) is 10.1 Å². The highest BCUT2D eigenvalue weighted by Crippen LogP contribution is 2.29. The van der Waals surface area contributed by atoms with Crippen LogP contribution in [0.15, 0.2) is 91.0 Å². The summed E-state index contributed by atoms with van der Waals surface area (Å²) in [5.41, 5.74) is 6.57. The predicted molar refractivity (Wildman–Crippen MR) is 148 cm³/mol. The van der Waals surface area contributed by atoms with Crippen molar-refractivity contribution in [1.82, 2.24) is 5.32 Å². The largest absolute Gasteiger partial charge is 0.489 e. The van der Waals surface area contributed by atoms with Crippen LogP contribution in [-0.4, -0.2) is 28.8 Å². The minimum atomic E-state index is -1.14. The number of carbonyl (C=O) groups is 1. The third-order valence-corrected chi connectivity index (χ3v) is 6.43. The minimum Gasteiger partial charge on any atom is -0.489 e. The Balaban J connectivity index is 1.53. The van der Waals surface area contributed by atoms with E-state index in [-0.39, 0.29) is 13.2 Å². The second kappa shape index (κ2) is 13.2. The standard InChI is InChI=1S/C32H30N2O5/c1-22-27(11-6-12-29(22)25-9-3-2-4-10-25)21-38-28-14-13-26(18-34-30(19-35)32(36)37)31(16-28)39-20-24-8-5-7-23(15-24)17-33/h2-16,30,34-35H,18-21H2,1H3,(H,36,37). The molecule has 0 aliphatic rings. The number of carboxylic acid groups (broad SMARTS) is 1. The van der Waals surface area contributed by atoms with Gasteiger partial charge in [0.1, 0.15) is 30.8 Å². The van der Waals surface area contributed by atoms with Gasteiger partial charge >= 0.3 is 5.97 Å². The molecule has 198 valence electrons. The molecule has 0 aliphatic heterocycles. The number of benzene rings is 4. The van der Waals surface area contributed by atoms with Gasteiger partial charge in [0.2, 0.25) is 0 Å². The normalized spacial score (nSPS) is 11.4. The third-order valence-electron chi connectivity index (χ3n) is 6.43. The lowest BCUT2D eigenvalue weighted by atomic mass is 9.97. The zero-order valence-electron chi connectivity index (χ0n) is 21.6. The first-order chi connectivity index (χ1) is 19.0. The number of hydrogen-bond acceptors (Lipinski definition) is 6. The van der Waals surface area contributed by atoms with Gasteiger partial charge in [-0.25, -0.2) is 0 Å². The van der Waals surface area contributed by atoms with Crippen molar-refractivity contribution in [2.24, 2.45) is 0 Å². The van der Waals surface area contributed by atoms with Crippen LogP contribution in [0.2, 0.25) is 0 Å². The number of ether oxygens (including phenoxy) is 2. The van der Waals surface area contributed by atoms with Crippen molar-refractivity contribution in [3.05, 3.63) is 119 Å². The van der Waals surface area contributed by atoms with Gasteiger partial charge in [-0.1, -0.05) is 66.7 Å². The first kappa shape index (κ1) is 27.4. The molecular formula is C32H30N2O5. The van der Waals surface area contributed by atoms with Crippen molar-refractivity contribution in [2.75, 3.05) is 6.61 Å². The Morgan fingerprint density at radius 1 is 0.923 bits per heavy atom. The molecule has 4 aromatic rings. The summed E-state index contributed by atoms with van der Waals surface area (Å²) in [6.45, 7) is 2.30. The summed E-state index contributed by atoms with van der Waals surface area (Å²) in [7, 11) is 0. The number of hydrogen-bond donors (Lipinski definition) is 3. The lowest BCUT2D eigenvalue weighted by molar-refractivity contribution is -0.140. The molecule has 0 fully saturated rings. The van der Waals surface area contributed by atoms with E-state index in [1.165, 1.54) is 0 Å². The van der Waals surface area contributed by atoms with Gasteiger partial charge < -0.3 is 19.7 Å². The molecule has 0 aromatic heterocycles. The quantitative estimate of drug-likeness (QED) is 0.234. The minimum absolute atomic E-state index is 0.170. The number of nitrogens with one attached hydrogen (secondary N) is 1. The van der Waals surface area contributed by atoms with E-state index in [2.05, 4.69) is 36.5 Å². The zero-order valence-corrected chi connectivity index (χ0v) is 21.6. The van der Waals surface area contributed by atoms with Gasteiger partial charge in [-0.2, -0.15) is 5.26 Å². The molecule has 39 heavy (non-hydrogen) atoms. The molecule has 3 N–H and O–H groups in total. The topological polar surface area (TPSA) is 112 Å². The second-order valence-electron chi connectivity index (χ2n) is 9.07. The summed E-state index contributed by atoms with van der Waals surface area (Å²) in [5, 5.41) is 30.6. The molecule has 0 bridgehead atoms. The van der Waals surface area contributed by atoms with E-state index in [9.17, 15) is 20.3 Å². The Labute approximate surface area is 227 Å². The fraction of sp³-hybridized carbons (Fsp3) is 0.188. The highest BCUT2D eigenvalue weighted by Gasteiger charge is 2.17. The lowest BCUT2D eigenvalue weighted by Gasteiger charge is -2.17. The molecule has 0 heterocycles. The summed E-state index contributed by atoms with van der Waals surface area (Å²) in [6.07, 6.45) is 0. The van der Waals surface area contributed by atoms with Crippen LogP contribution in [0.1, 0.15) is 27.8 Å². The van der Waals surface area contributed by atoms with E-state index in [0.717, 1.165) is 27.8 Å². The molecule has 1 unspecified atom stereocenters. The fourth-order valence-corrected chi connectivity index (χ4v) is 4.19. The van der Waals surface area contributed by atoms with Crippen LogP contribution in [0.25, 0.3) is 11.1 Å².